The van der Waals surface area contributed by atoms with E-state index in [1.807, 2.05) is 80.6 Å². The summed E-state index contributed by atoms with van der Waals surface area (Å²) in [6, 6.07) is 20.6. The molecule has 5 rings (SSSR count). The van der Waals surface area contributed by atoms with Gasteiger partial charge >= 0.3 is 0 Å². The van der Waals surface area contributed by atoms with Crippen LogP contribution in [0.4, 0.5) is 5.69 Å². The van der Waals surface area contributed by atoms with E-state index in [2.05, 4.69) is 4.99 Å². The predicted octanol–water partition coefficient (Wildman–Crippen LogP) is 5.39. The number of carbonyl (C=O) groups excluding carboxylic acids is 2. The van der Waals surface area contributed by atoms with Crippen LogP contribution in [0.25, 0.3) is 6.08 Å². The maximum atomic E-state index is 13.4. The van der Waals surface area contributed by atoms with Gasteiger partial charge < -0.3 is 9.47 Å². The molecule has 3 aromatic rings. The number of aryl methyl sites for hydroxylation is 2. The first-order chi connectivity index (χ1) is 16.5. The number of Topliss-reactive ketones (excluding diaryl/α,β-unsaturated/α-hetero) is 1. The number of nitrogens with zero attached hydrogens (tertiary/aromatic N) is 2. The first kappa shape index (κ1) is 22.0. The number of carbonyl (C=O) groups is 2. The molecule has 2 aliphatic heterocycles. The van der Waals surface area contributed by atoms with E-state index in [1.54, 1.807) is 11.0 Å². The Morgan fingerprint density at radius 1 is 0.971 bits per heavy atom. The third kappa shape index (κ3) is 4.47. The lowest BCUT2D eigenvalue weighted by Crippen LogP contribution is -2.30. The monoisotopic (exact) mass is 470 g/mol. The molecule has 0 atom stereocenters. The number of aliphatic imine (C=N–C) groups is 1. The van der Waals surface area contributed by atoms with E-state index in [9.17, 15) is 9.59 Å². The smallest absolute Gasteiger partial charge is 0.283 e. The Hall–Kier alpha value is -3.84. The molecule has 0 saturated carbocycles. The number of amidine groups is 1. The van der Waals surface area contributed by atoms with Crippen LogP contribution in [0.15, 0.2) is 77.4 Å². The molecule has 1 amide bonds. The van der Waals surface area contributed by atoms with Crippen LogP contribution in [0.3, 0.4) is 0 Å². The molecule has 0 aromatic heterocycles. The number of fused-ring (bicyclic) bond motifs is 1. The Morgan fingerprint density at radius 2 is 1.65 bits per heavy atom. The molecular formula is C27H22N2O4S. The molecule has 3 aromatic carbocycles. The molecule has 0 radical (unpaired) electrons. The highest BCUT2D eigenvalue weighted by Crippen LogP contribution is 2.34. The molecule has 0 fully saturated rings. The molecule has 2 heterocycles. The average molecular weight is 471 g/mol. The topological polar surface area (TPSA) is 68.2 Å². The van der Waals surface area contributed by atoms with Crippen LogP contribution in [-0.2, 0) is 4.79 Å². The zero-order chi connectivity index (χ0) is 23.7. The van der Waals surface area contributed by atoms with Crippen LogP contribution < -0.4 is 14.4 Å². The summed E-state index contributed by atoms with van der Waals surface area (Å²) in [5.74, 6) is 1.23. The fraction of sp³-hybridized carbons (Fsp3) is 0.148. The summed E-state index contributed by atoms with van der Waals surface area (Å²) in [5, 5.41) is 0.473. The SMILES string of the molecule is Cc1ccc(C(=O)CSC2=N/C(=C/c3ccc4c(c3)OCO4)C(=O)N2c2ccc(C)cc2)cc1. The second kappa shape index (κ2) is 9.19. The molecule has 6 nitrogen and oxygen atoms in total. The molecule has 0 N–H and O–H groups in total. The van der Waals surface area contributed by atoms with Crippen LogP contribution in [0, 0.1) is 13.8 Å². The van der Waals surface area contributed by atoms with Gasteiger partial charge in [-0.1, -0.05) is 65.4 Å². The van der Waals surface area contributed by atoms with Crippen molar-refractivity contribution >= 4 is 40.4 Å². The van der Waals surface area contributed by atoms with E-state index < -0.39 is 0 Å². The molecule has 7 heteroatoms. The molecule has 170 valence electrons. The van der Waals surface area contributed by atoms with Crippen LogP contribution in [0.5, 0.6) is 11.5 Å². The number of benzene rings is 3. The molecule has 0 unspecified atom stereocenters. The number of anilines is 1. The first-order valence-corrected chi connectivity index (χ1v) is 11.8. The van der Waals surface area contributed by atoms with Crippen molar-refractivity contribution in [1.82, 2.24) is 0 Å². The van der Waals surface area contributed by atoms with Gasteiger partial charge in [-0.25, -0.2) is 4.99 Å². The molecule has 0 saturated heterocycles. The zero-order valence-electron chi connectivity index (χ0n) is 18.8. The number of hydrogen-bond acceptors (Lipinski definition) is 6. The minimum absolute atomic E-state index is 0.0165. The van der Waals surface area contributed by atoms with Gasteiger partial charge in [-0.2, -0.15) is 0 Å². The summed E-state index contributed by atoms with van der Waals surface area (Å²) in [6.45, 7) is 4.16. The molecule has 0 spiro atoms. The van der Waals surface area contributed by atoms with Gasteiger partial charge in [0.15, 0.2) is 22.4 Å². The van der Waals surface area contributed by atoms with Gasteiger partial charge in [0.05, 0.1) is 11.4 Å². The lowest BCUT2D eigenvalue weighted by Gasteiger charge is -2.18. The van der Waals surface area contributed by atoms with E-state index in [4.69, 9.17) is 9.47 Å². The maximum absolute atomic E-state index is 13.4. The first-order valence-electron chi connectivity index (χ1n) is 10.8. The number of hydrogen-bond donors (Lipinski definition) is 0. The van der Waals surface area contributed by atoms with Crippen molar-refractivity contribution in [3.05, 3.63) is 94.7 Å². The second-order valence-electron chi connectivity index (χ2n) is 8.09. The lowest BCUT2D eigenvalue weighted by atomic mass is 10.1. The predicted molar refractivity (Wildman–Crippen MR) is 135 cm³/mol. The van der Waals surface area contributed by atoms with Crippen LogP contribution in [-0.4, -0.2) is 29.4 Å². The Labute approximate surface area is 201 Å². The van der Waals surface area contributed by atoms with Crippen molar-refractivity contribution in [1.29, 1.82) is 0 Å². The normalized spacial score (nSPS) is 15.7. The minimum atomic E-state index is -0.244. The molecule has 0 bridgehead atoms. The van der Waals surface area contributed by atoms with Crippen molar-refractivity contribution in [2.45, 2.75) is 13.8 Å². The fourth-order valence-electron chi connectivity index (χ4n) is 3.63. The Bertz CT molecular complexity index is 1330. The van der Waals surface area contributed by atoms with Gasteiger partial charge in [0.1, 0.15) is 5.70 Å². The van der Waals surface area contributed by atoms with E-state index in [0.717, 1.165) is 16.7 Å². The van der Waals surface area contributed by atoms with Crippen LogP contribution >= 0.6 is 11.8 Å². The summed E-state index contributed by atoms with van der Waals surface area (Å²) in [7, 11) is 0. The second-order valence-corrected chi connectivity index (χ2v) is 9.03. The van der Waals surface area contributed by atoms with Crippen molar-refractivity contribution in [2.24, 2.45) is 4.99 Å². The molecule has 2 aliphatic rings. The van der Waals surface area contributed by atoms with Crippen molar-refractivity contribution in [3.8, 4) is 11.5 Å². The van der Waals surface area contributed by atoms with E-state index in [1.165, 1.54) is 11.8 Å². The average Bonchev–Trinajstić information content (AvgIpc) is 3.43. The Kier molecular flexibility index (Phi) is 5.94. The van der Waals surface area contributed by atoms with E-state index in [-0.39, 0.29) is 24.2 Å². The van der Waals surface area contributed by atoms with Crippen molar-refractivity contribution in [2.75, 3.05) is 17.4 Å². The van der Waals surface area contributed by atoms with E-state index >= 15 is 0 Å². The Morgan fingerprint density at radius 3 is 2.38 bits per heavy atom. The highest BCUT2D eigenvalue weighted by atomic mass is 32.2. The van der Waals surface area contributed by atoms with Gasteiger partial charge in [-0.3, -0.25) is 14.5 Å². The van der Waals surface area contributed by atoms with Crippen molar-refractivity contribution < 1.29 is 19.1 Å². The molecule has 0 aliphatic carbocycles. The number of thioether (sulfide) groups is 1. The Balaban J connectivity index is 1.43. The summed E-state index contributed by atoms with van der Waals surface area (Å²) in [6.07, 6.45) is 1.72. The number of ketones is 1. The largest absolute Gasteiger partial charge is 0.454 e. The van der Waals surface area contributed by atoms with Crippen molar-refractivity contribution in [3.63, 3.8) is 0 Å². The summed E-state index contributed by atoms with van der Waals surface area (Å²) < 4.78 is 10.8. The van der Waals surface area contributed by atoms with Gasteiger partial charge in [-0.05, 0) is 49.8 Å². The third-order valence-corrected chi connectivity index (χ3v) is 6.47. The summed E-state index contributed by atoms with van der Waals surface area (Å²) in [4.78, 5) is 32.3. The van der Waals surface area contributed by atoms with E-state index in [0.29, 0.717) is 33.6 Å². The summed E-state index contributed by atoms with van der Waals surface area (Å²) >= 11 is 1.26. The van der Waals surface area contributed by atoms with Gasteiger partial charge in [0.2, 0.25) is 6.79 Å². The van der Waals surface area contributed by atoms with Gasteiger partial charge in [0.25, 0.3) is 5.91 Å². The summed E-state index contributed by atoms with van der Waals surface area (Å²) in [5.41, 5.74) is 4.61. The standard InChI is InChI=1S/C27H22N2O4S/c1-17-3-8-20(9-4-17)23(30)15-34-27-28-22(13-19-7-12-24-25(14-19)33-16-32-24)26(31)29(27)21-10-5-18(2)6-11-21/h3-14H,15-16H2,1-2H3/b22-13+. The number of ether oxygens (including phenoxy) is 2. The lowest BCUT2D eigenvalue weighted by molar-refractivity contribution is -0.113. The van der Waals surface area contributed by atoms with Gasteiger partial charge in [-0.15, -0.1) is 0 Å². The number of amides is 1. The van der Waals surface area contributed by atoms with Crippen LogP contribution in [0.1, 0.15) is 27.0 Å². The third-order valence-electron chi connectivity index (χ3n) is 5.53. The maximum Gasteiger partial charge on any atom is 0.283 e. The fourth-order valence-corrected chi connectivity index (χ4v) is 4.54. The van der Waals surface area contributed by atoms with Gasteiger partial charge in [0, 0.05) is 5.56 Å². The zero-order valence-corrected chi connectivity index (χ0v) is 19.6. The minimum Gasteiger partial charge on any atom is -0.454 e. The highest BCUT2D eigenvalue weighted by molar-refractivity contribution is 8.14. The molecular weight excluding hydrogens is 448 g/mol. The highest BCUT2D eigenvalue weighted by Gasteiger charge is 2.32. The molecule has 34 heavy (non-hydrogen) atoms. The number of rotatable bonds is 5. The quantitative estimate of drug-likeness (QED) is 0.369. The van der Waals surface area contributed by atoms with Crippen LogP contribution in [0.2, 0.25) is 0 Å².